The zero-order valence-electron chi connectivity index (χ0n) is 14.6. The Morgan fingerprint density at radius 2 is 1.74 bits per heavy atom. The second-order valence-corrected chi connectivity index (χ2v) is 7.29. The molecule has 1 N–H and O–H groups in total. The highest BCUT2D eigenvalue weighted by Gasteiger charge is 2.36. The third kappa shape index (κ3) is 4.69. The molecular formula is C16H7ClF6N4O3S. The maximum atomic E-state index is 13.4. The Balaban J connectivity index is 2.15. The number of rotatable bonds is 4. The van der Waals surface area contributed by atoms with E-state index in [1.54, 1.807) is 0 Å². The number of alkyl halides is 6. The Morgan fingerprint density at radius 3 is 2.32 bits per heavy atom. The van der Waals surface area contributed by atoms with Crippen molar-refractivity contribution in [2.24, 2.45) is 0 Å². The first-order chi connectivity index (χ1) is 14.3. The molecule has 0 aliphatic rings. The molecule has 3 rings (SSSR count). The van der Waals surface area contributed by atoms with Gasteiger partial charge in [0.1, 0.15) is 0 Å². The smallest absolute Gasteiger partial charge is 0.258 e. The molecule has 0 aliphatic carbocycles. The van der Waals surface area contributed by atoms with Crippen LogP contribution in [0.15, 0.2) is 51.2 Å². The second-order valence-electron chi connectivity index (χ2n) is 5.85. The predicted molar refractivity (Wildman–Crippen MR) is 96.4 cm³/mol. The van der Waals surface area contributed by atoms with Gasteiger partial charge in [-0.2, -0.15) is 26.3 Å². The number of hydrogen-bond acceptors (Lipinski definition) is 5. The van der Waals surface area contributed by atoms with Crippen molar-refractivity contribution in [2.75, 3.05) is 0 Å². The van der Waals surface area contributed by atoms with E-state index in [0.29, 0.717) is 28.5 Å². The van der Waals surface area contributed by atoms with Crippen molar-refractivity contribution < 1.29 is 31.3 Å². The van der Waals surface area contributed by atoms with Crippen LogP contribution in [0.3, 0.4) is 0 Å². The standard InChI is InChI=1S/C16H7ClF6N4O3S/c17-8-2-3-10(9(6-8)16(21,22)23)26-13(28)24-25-14(26)31-12-4-1-7(15(18,19)20)5-11(12)27(29)30/h1-6H,(H,24,28). The van der Waals surface area contributed by atoms with Crippen molar-refractivity contribution >= 4 is 29.1 Å². The molecular weight excluding hydrogens is 478 g/mol. The van der Waals surface area contributed by atoms with Crippen molar-refractivity contribution in [3.8, 4) is 5.69 Å². The second kappa shape index (κ2) is 7.92. The van der Waals surface area contributed by atoms with Crippen LogP contribution >= 0.6 is 23.4 Å². The number of benzene rings is 2. The first-order valence-corrected chi connectivity index (χ1v) is 9.06. The minimum Gasteiger partial charge on any atom is -0.258 e. The van der Waals surface area contributed by atoms with E-state index in [4.69, 9.17) is 11.6 Å². The van der Waals surface area contributed by atoms with Gasteiger partial charge in [-0.15, -0.1) is 5.10 Å². The number of aromatic nitrogens is 3. The van der Waals surface area contributed by atoms with Gasteiger partial charge in [-0.1, -0.05) is 11.6 Å². The maximum absolute atomic E-state index is 13.4. The van der Waals surface area contributed by atoms with Gasteiger partial charge in [0.2, 0.25) is 5.16 Å². The Hall–Kier alpha value is -3.00. The van der Waals surface area contributed by atoms with Crippen molar-refractivity contribution in [2.45, 2.75) is 22.4 Å². The van der Waals surface area contributed by atoms with E-state index in [1.165, 1.54) is 0 Å². The fourth-order valence-electron chi connectivity index (χ4n) is 2.51. The number of nitrogens with zero attached hydrogens (tertiary/aromatic N) is 3. The Bertz CT molecular complexity index is 1220. The van der Waals surface area contributed by atoms with Crippen LogP contribution in [0, 0.1) is 10.1 Å². The molecule has 7 nitrogen and oxygen atoms in total. The third-order valence-corrected chi connectivity index (χ3v) is 5.09. The zero-order chi connectivity index (χ0) is 23.1. The highest BCUT2D eigenvalue weighted by atomic mass is 35.5. The van der Waals surface area contributed by atoms with Gasteiger partial charge in [-0.05, 0) is 42.1 Å². The van der Waals surface area contributed by atoms with E-state index >= 15 is 0 Å². The van der Waals surface area contributed by atoms with Crippen molar-refractivity contribution in [1.29, 1.82) is 0 Å². The summed E-state index contributed by atoms with van der Waals surface area (Å²) in [5, 5.41) is 16.0. The first-order valence-electron chi connectivity index (χ1n) is 7.87. The van der Waals surface area contributed by atoms with Gasteiger partial charge in [-0.3, -0.25) is 10.1 Å². The SMILES string of the molecule is O=c1[nH]nc(Sc2ccc(C(F)(F)F)cc2[N+](=O)[O-])n1-c1ccc(Cl)cc1C(F)(F)F. The topological polar surface area (TPSA) is 93.8 Å². The molecule has 31 heavy (non-hydrogen) atoms. The Kier molecular flexibility index (Phi) is 5.80. The summed E-state index contributed by atoms with van der Waals surface area (Å²) in [6.07, 6.45) is -9.77. The van der Waals surface area contributed by atoms with Gasteiger partial charge in [0, 0.05) is 11.1 Å². The van der Waals surface area contributed by atoms with Crippen LogP contribution in [0.1, 0.15) is 11.1 Å². The van der Waals surface area contributed by atoms with Crippen molar-refractivity contribution in [1.82, 2.24) is 14.8 Å². The van der Waals surface area contributed by atoms with Crippen molar-refractivity contribution in [3.05, 3.63) is 73.1 Å². The number of nitrogens with one attached hydrogen (secondary N) is 1. The molecule has 3 aromatic rings. The minimum absolute atomic E-state index is 0.264. The van der Waals surface area contributed by atoms with E-state index in [9.17, 15) is 41.3 Å². The van der Waals surface area contributed by atoms with Gasteiger partial charge < -0.3 is 0 Å². The molecule has 0 radical (unpaired) electrons. The fourth-order valence-corrected chi connectivity index (χ4v) is 3.62. The molecule has 0 saturated carbocycles. The molecule has 0 fully saturated rings. The van der Waals surface area contributed by atoms with Crippen LogP contribution < -0.4 is 5.69 Å². The maximum Gasteiger partial charge on any atom is 0.418 e. The number of H-pyrrole nitrogens is 1. The molecule has 0 bridgehead atoms. The van der Waals surface area contributed by atoms with Crippen molar-refractivity contribution in [3.63, 3.8) is 0 Å². The minimum atomic E-state index is -4.92. The highest BCUT2D eigenvalue weighted by molar-refractivity contribution is 7.99. The number of nitro groups is 1. The molecule has 0 saturated heterocycles. The molecule has 0 atom stereocenters. The lowest BCUT2D eigenvalue weighted by molar-refractivity contribution is -0.388. The number of halogens is 7. The van der Waals surface area contributed by atoms with Gasteiger partial charge in [-0.25, -0.2) is 14.5 Å². The fraction of sp³-hybridized carbons (Fsp3) is 0.125. The first kappa shape index (κ1) is 22.7. The summed E-state index contributed by atoms with van der Waals surface area (Å²) in [6, 6.07) is 4.16. The summed E-state index contributed by atoms with van der Waals surface area (Å²) in [4.78, 5) is 21.9. The molecule has 0 amide bonds. The average Bonchev–Trinajstić information content (AvgIpc) is 3.00. The largest absolute Gasteiger partial charge is 0.418 e. The van der Waals surface area contributed by atoms with Crippen LogP contribution in [0.5, 0.6) is 0 Å². The molecule has 0 aliphatic heterocycles. The Labute approximate surface area is 176 Å². The predicted octanol–water partition coefficient (Wildman–Crippen LogP) is 5.31. The summed E-state index contributed by atoms with van der Waals surface area (Å²) in [7, 11) is 0. The van der Waals surface area contributed by atoms with Crippen LogP contribution in [-0.4, -0.2) is 19.7 Å². The van der Waals surface area contributed by atoms with Gasteiger partial charge >= 0.3 is 18.0 Å². The molecule has 1 aromatic heterocycles. The van der Waals surface area contributed by atoms with Crippen LogP contribution in [0.25, 0.3) is 5.69 Å². The summed E-state index contributed by atoms with van der Waals surface area (Å²) in [5.41, 5.74) is -5.32. The van der Waals surface area contributed by atoms with Crippen LogP contribution in [0.2, 0.25) is 5.02 Å². The van der Waals surface area contributed by atoms with Gasteiger partial charge in [0.15, 0.2) is 0 Å². The lowest BCUT2D eigenvalue weighted by Gasteiger charge is -2.14. The Morgan fingerprint density at radius 1 is 1.06 bits per heavy atom. The summed E-state index contributed by atoms with van der Waals surface area (Å²) in [6.45, 7) is 0. The molecule has 0 spiro atoms. The van der Waals surface area contributed by atoms with E-state index in [-0.39, 0.29) is 16.0 Å². The molecule has 164 valence electrons. The normalized spacial score (nSPS) is 12.2. The van der Waals surface area contributed by atoms with E-state index in [1.807, 2.05) is 5.10 Å². The molecule has 1 heterocycles. The molecule has 15 heteroatoms. The number of aromatic amines is 1. The van der Waals surface area contributed by atoms with Crippen LogP contribution in [-0.2, 0) is 12.4 Å². The van der Waals surface area contributed by atoms with Gasteiger partial charge in [0.25, 0.3) is 5.69 Å². The highest BCUT2D eigenvalue weighted by Crippen LogP contribution is 2.40. The van der Waals surface area contributed by atoms with Crippen LogP contribution in [0.4, 0.5) is 32.0 Å². The monoisotopic (exact) mass is 484 g/mol. The van der Waals surface area contributed by atoms with E-state index in [2.05, 4.69) is 5.10 Å². The quantitative estimate of drug-likeness (QED) is 0.308. The zero-order valence-corrected chi connectivity index (χ0v) is 16.2. The summed E-state index contributed by atoms with van der Waals surface area (Å²) >= 11 is 5.96. The summed E-state index contributed by atoms with van der Waals surface area (Å²) in [5.74, 6) is 0. The molecule has 0 unspecified atom stereocenters. The lowest BCUT2D eigenvalue weighted by atomic mass is 10.1. The van der Waals surface area contributed by atoms with Gasteiger partial charge in [0.05, 0.1) is 26.6 Å². The van der Waals surface area contributed by atoms with E-state index in [0.717, 1.165) is 18.2 Å². The average molecular weight is 485 g/mol. The number of hydrogen-bond donors (Lipinski definition) is 1. The third-order valence-electron chi connectivity index (χ3n) is 3.83. The molecule has 2 aromatic carbocycles. The summed E-state index contributed by atoms with van der Waals surface area (Å²) < 4.78 is 79.4. The van der Waals surface area contributed by atoms with E-state index < -0.39 is 50.6 Å². The lowest BCUT2D eigenvalue weighted by Crippen LogP contribution is -2.20. The number of nitro benzene ring substituents is 1.